The summed E-state index contributed by atoms with van der Waals surface area (Å²) in [5.74, 6) is -0.586. The Morgan fingerprint density at radius 2 is 2.00 bits per heavy atom. The number of anilines is 1. The topological polar surface area (TPSA) is 80.7 Å². The van der Waals surface area contributed by atoms with E-state index in [2.05, 4.69) is 25.5 Å². The number of alkyl halides is 3. The molecule has 1 N–H and O–H groups in total. The van der Waals surface area contributed by atoms with Crippen molar-refractivity contribution in [2.24, 2.45) is 0 Å². The van der Waals surface area contributed by atoms with E-state index in [1.807, 2.05) is 0 Å². The minimum Gasteiger partial charge on any atom is -0.296 e. The molecule has 24 heavy (non-hydrogen) atoms. The van der Waals surface area contributed by atoms with Crippen LogP contribution in [0.4, 0.5) is 18.3 Å². The summed E-state index contributed by atoms with van der Waals surface area (Å²) in [6.07, 6.45) is -2.99. The highest BCUT2D eigenvalue weighted by Crippen LogP contribution is 2.33. The molecule has 0 radical (unpaired) electrons. The molecule has 3 aromatic rings. The minimum absolute atomic E-state index is 0.223. The van der Waals surface area contributed by atoms with Gasteiger partial charge in [0.25, 0.3) is 5.91 Å². The monoisotopic (exact) mass is 371 g/mol. The molecule has 0 aliphatic rings. The molecule has 0 atom stereocenters. The smallest absolute Gasteiger partial charge is 0.296 e. The van der Waals surface area contributed by atoms with Gasteiger partial charge in [-0.3, -0.25) is 15.1 Å². The quantitative estimate of drug-likeness (QED) is 0.760. The molecule has 0 aliphatic carbocycles. The maximum Gasteiger partial charge on any atom is 0.445 e. The van der Waals surface area contributed by atoms with Crippen molar-refractivity contribution in [3.63, 3.8) is 0 Å². The zero-order valence-corrected chi connectivity index (χ0v) is 13.6. The van der Waals surface area contributed by atoms with Gasteiger partial charge < -0.3 is 0 Å². The Balaban J connectivity index is 1.81. The van der Waals surface area contributed by atoms with Gasteiger partial charge in [-0.15, -0.1) is 21.5 Å². The molecule has 124 valence electrons. The van der Waals surface area contributed by atoms with Crippen molar-refractivity contribution < 1.29 is 18.0 Å². The van der Waals surface area contributed by atoms with Crippen LogP contribution >= 0.6 is 22.7 Å². The van der Waals surface area contributed by atoms with Crippen LogP contribution in [0.3, 0.4) is 0 Å². The second-order valence-electron chi connectivity index (χ2n) is 4.51. The van der Waals surface area contributed by atoms with E-state index in [1.165, 1.54) is 0 Å². The van der Waals surface area contributed by atoms with Gasteiger partial charge in [0.15, 0.2) is 0 Å². The van der Waals surface area contributed by atoms with Crippen LogP contribution in [-0.2, 0) is 6.18 Å². The lowest BCUT2D eigenvalue weighted by Crippen LogP contribution is -2.11. The number of nitrogens with zero attached hydrogens (tertiary/aromatic N) is 4. The van der Waals surface area contributed by atoms with Crippen LogP contribution in [-0.4, -0.2) is 26.1 Å². The lowest BCUT2D eigenvalue weighted by atomic mass is 10.3. The van der Waals surface area contributed by atoms with E-state index in [4.69, 9.17) is 0 Å². The first-order chi connectivity index (χ1) is 11.3. The van der Waals surface area contributed by atoms with Crippen LogP contribution in [0.15, 0.2) is 24.4 Å². The van der Waals surface area contributed by atoms with Crippen molar-refractivity contribution in [3.05, 3.63) is 40.0 Å². The molecule has 6 nitrogen and oxygen atoms in total. The van der Waals surface area contributed by atoms with Crippen molar-refractivity contribution >= 4 is 33.7 Å². The first-order valence-corrected chi connectivity index (χ1v) is 8.09. The SMILES string of the molecule is Cc1nc(-c2ccccn2)sc1C(=O)Nc1nnc(C(F)(F)F)s1. The highest BCUT2D eigenvalue weighted by atomic mass is 32.1. The third kappa shape index (κ3) is 3.41. The predicted octanol–water partition coefficient (Wildman–Crippen LogP) is 3.64. The van der Waals surface area contributed by atoms with E-state index in [-0.39, 0.29) is 21.3 Å². The second kappa shape index (κ2) is 6.24. The van der Waals surface area contributed by atoms with Crippen LogP contribution in [0.25, 0.3) is 10.7 Å². The van der Waals surface area contributed by atoms with Gasteiger partial charge in [-0.25, -0.2) is 4.98 Å². The Bertz CT molecular complexity index is 875. The van der Waals surface area contributed by atoms with Gasteiger partial charge >= 0.3 is 6.18 Å². The van der Waals surface area contributed by atoms with Crippen molar-refractivity contribution in [2.45, 2.75) is 13.1 Å². The van der Waals surface area contributed by atoms with Gasteiger partial charge in [0, 0.05) is 6.20 Å². The number of hydrogen-bond acceptors (Lipinski definition) is 7. The molecule has 0 unspecified atom stereocenters. The first-order valence-electron chi connectivity index (χ1n) is 6.45. The molecule has 0 saturated heterocycles. The number of pyridine rings is 1. The fourth-order valence-corrected chi connectivity index (χ4v) is 3.29. The van der Waals surface area contributed by atoms with Crippen LogP contribution in [0, 0.1) is 6.92 Å². The van der Waals surface area contributed by atoms with E-state index < -0.39 is 17.1 Å². The zero-order valence-electron chi connectivity index (χ0n) is 12.0. The number of nitrogens with one attached hydrogen (secondary N) is 1. The van der Waals surface area contributed by atoms with Gasteiger partial charge in [-0.1, -0.05) is 17.4 Å². The number of amides is 1. The number of aryl methyl sites for hydroxylation is 1. The van der Waals surface area contributed by atoms with E-state index in [9.17, 15) is 18.0 Å². The molecular weight excluding hydrogens is 363 g/mol. The Labute approximate surface area is 141 Å². The van der Waals surface area contributed by atoms with Gasteiger partial charge in [0.2, 0.25) is 10.1 Å². The maximum absolute atomic E-state index is 12.5. The second-order valence-corrected chi connectivity index (χ2v) is 6.49. The summed E-state index contributed by atoms with van der Waals surface area (Å²) in [6, 6.07) is 5.30. The lowest BCUT2D eigenvalue weighted by Gasteiger charge is -1.99. The number of halogens is 3. The van der Waals surface area contributed by atoms with Crippen molar-refractivity contribution in [2.75, 3.05) is 5.32 Å². The molecule has 11 heteroatoms. The van der Waals surface area contributed by atoms with E-state index in [0.717, 1.165) is 11.3 Å². The van der Waals surface area contributed by atoms with Gasteiger partial charge in [-0.2, -0.15) is 13.2 Å². The fraction of sp³-hybridized carbons (Fsp3) is 0.154. The number of aromatic nitrogens is 4. The third-order valence-electron chi connectivity index (χ3n) is 2.77. The van der Waals surface area contributed by atoms with Crippen LogP contribution in [0.1, 0.15) is 20.4 Å². The number of thiazole rings is 1. The predicted molar refractivity (Wildman–Crippen MR) is 82.9 cm³/mol. The van der Waals surface area contributed by atoms with Crippen LogP contribution in [0.2, 0.25) is 0 Å². The molecule has 1 amide bonds. The summed E-state index contributed by atoms with van der Waals surface area (Å²) in [5, 5.41) is 7.87. The normalized spacial score (nSPS) is 11.5. The number of hydrogen-bond donors (Lipinski definition) is 1. The van der Waals surface area contributed by atoms with Crippen LogP contribution < -0.4 is 5.32 Å². The highest BCUT2D eigenvalue weighted by Gasteiger charge is 2.36. The molecule has 0 fully saturated rings. The van der Waals surface area contributed by atoms with Crippen molar-refractivity contribution in [1.29, 1.82) is 0 Å². The van der Waals surface area contributed by atoms with E-state index in [0.29, 0.717) is 16.4 Å². The van der Waals surface area contributed by atoms with Crippen molar-refractivity contribution in [1.82, 2.24) is 20.2 Å². The number of carbonyl (C=O) groups excluding carboxylic acids is 1. The van der Waals surface area contributed by atoms with E-state index in [1.54, 1.807) is 31.3 Å². The molecule has 0 aliphatic heterocycles. The van der Waals surface area contributed by atoms with Gasteiger partial charge in [0.05, 0.1) is 11.4 Å². The number of rotatable bonds is 3. The molecule has 0 saturated carbocycles. The van der Waals surface area contributed by atoms with Crippen molar-refractivity contribution in [3.8, 4) is 10.7 Å². The average molecular weight is 371 g/mol. The Hall–Kier alpha value is -2.40. The first kappa shape index (κ1) is 16.5. The fourth-order valence-electron chi connectivity index (χ4n) is 1.75. The highest BCUT2D eigenvalue weighted by molar-refractivity contribution is 7.17. The largest absolute Gasteiger partial charge is 0.445 e. The molecule has 3 heterocycles. The van der Waals surface area contributed by atoms with Gasteiger partial charge in [-0.05, 0) is 19.1 Å². The zero-order chi connectivity index (χ0) is 17.3. The Kier molecular flexibility index (Phi) is 4.28. The summed E-state index contributed by atoms with van der Waals surface area (Å²) >= 11 is 1.37. The summed E-state index contributed by atoms with van der Waals surface area (Å²) in [6.45, 7) is 1.64. The Morgan fingerprint density at radius 3 is 2.62 bits per heavy atom. The molecular formula is C13H8F3N5OS2. The molecule has 3 rings (SSSR count). The van der Waals surface area contributed by atoms with Crippen LogP contribution in [0.5, 0.6) is 0 Å². The third-order valence-corrected chi connectivity index (χ3v) is 4.84. The van der Waals surface area contributed by atoms with E-state index >= 15 is 0 Å². The number of carbonyl (C=O) groups is 1. The maximum atomic E-state index is 12.5. The molecule has 0 spiro atoms. The summed E-state index contributed by atoms with van der Waals surface area (Å²) in [5.41, 5.74) is 1.07. The standard InChI is InChI=1S/C13H8F3N5OS2/c1-6-8(23-10(18-6)7-4-2-3-5-17-7)9(22)19-12-21-20-11(24-12)13(14,15)16/h2-5H,1H3,(H,19,21,22). The average Bonchev–Trinajstić information content (AvgIpc) is 3.14. The summed E-state index contributed by atoms with van der Waals surface area (Å²) in [4.78, 5) is 20.9. The summed E-state index contributed by atoms with van der Waals surface area (Å²) < 4.78 is 37.5. The minimum atomic E-state index is -4.59. The summed E-state index contributed by atoms with van der Waals surface area (Å²) in [7, 11) is 0. The van der Waals surface area contributed by atoms with Gasteiger partial charge in [0.1, 0.15) is 9.88 Å². The lowest BCUT2D eigenvalue weighted by molar-refractivity contribution is -0.138. The Morgan fingerprint density at radius 1 is 1.21 bits per heavy atom. The molecule has 3 aromatic heterocycles. The molecule has 0 aromatic carbocycles. The molecule has 0 bridgehead atoms.